The van der Waals surface area contributed by atoms with E-state index in [0.29, 0.717) is 5.92 Å². The summed E-state index contributed by atoms with van der Waals surface area (Å²) < 4.78 is 1.13. The molecule has 2 aromatic heterocycles. The van der Waals surface area contributed by atoms with Gasteiger partial charge in [-0.2, -0.15) is 0 Å². The highest BCUT2D eigenvalue weighted by molar-refractivity contribution is 9.10. The lowest BCUT2D eigenvalue weighted by Crippen LogP contribution is -2.19. The Balaban J connectivity index is 1.46. The third-order valence-corrected chi connectivity index (χ3v) is 4.78. The zero-order valence-corrected chi connectivity index (χ0v) is 13.8. The van der Waals surface area contributed by atoms with Crippen molar-refractivity contribution in [3.63, 3.8) is 0 Å². The fourth-order valence-electron chi connectivity index (χ4n) is 3.10. The highest BCUT2D eigenvalue weighted by atomic mass is 79.9. The average molecular weight is 357 g/mol. The highest BCUT2D eigenvalue weighted by Crippen LogP contribution is 2.27. The van der Waals surface area contributed by atoms with Gasteiger partial charge in [0.2, 0.25) is 0 Å². The van der Waals surface area contributed by atoms with E-state index in [1.807, 2.05) is 12.1 Å². The maximum Gasteiger partial charge on any atom is 0.177 e. The van der Waals surface area contributed by atoms with Crippen LogP contribution < -0.4 is 0 Å². The van der Waals surface area contributed by atoms with E-state index in [9.17, 15) is 0 Å². The van der Waals surface area contributed by atoms with Gasteiger partial charge < -0.3 is 4.98 Å². The molecule has 1 atom stereocenters. The number of hydrogen-bond acceptors (Lipinski definition) is 3. The Bertz CT molecular complexity index is 748. The minimum atomic E-state index is 0.477. The molecule has 1 fully saturated rings. The quantitative estimate of drug-likeness (QED) is 0.777. The Morgan fingerprint density at radius 1 is 1.23 bits per heavy atom. The number of aromatic nitrogens is 3. The van der Waals surface area contributed by atoms with Crippen molar-refractivity contribution in [1.82, 2.24) is 19.9 Å². The first-order valence-corrected chi connectivity index (χ1v) is 8.35. The monoisotopic (exact) mass is 356 g/mol. The van der Waals surface area contributed by atoms with Gasteiger partial charge >= 0.3 is 0 Å². The maximum atomic E-state index is 4.65. The van der Waals surface area contributed by atoms with Gasteiger partial charge in [0.1, 0.15) is 5.82 Å². The summed E-state index contributed by atoms with van der Waals surface area (Å²) in [6.45, 7) is 3.17. The first kappa shape index (κ1) is 13.9. The second-order valence-corrected chi connectivity index (χ2v) is 6.76. The number of likely N-dealkylation sites (tertiary alicyclic amines) is 1. The lowest BCUT2D eigenvalue weighted by Gasteiger charge is -2.15. The fourth-order valence-corrected chi connectivity index (χ4v) is 3.37. The number of nitrogens with one attached hydrogen (secondary N) is 1. The summed E-state index contributed by atoms with van der Waals surface area (Å²) >= 11 is 3.48. The average Bonchev–Trinajstić information content (AvgIpc) is 3.15. The summed E-state index contributed by atoms with van der Waals surface area (Å²) in [6.07, 6.45) is 2.94. The number of hydrogen-bond donors (Lipinski definition) is 1. The molecule has 0 radical (unpaired) electrons. The van der Waals surface area contributed by atoms with E-state index in [0.717, 1.165) is 47.5 Å². The first-order valence-electron chi connectivity index (χ1n) is 7.55. The Morgan fingerprint density at radius 2 is 2.09 bits per heavy atom. The summed E-state index contributed by atoms with van der Waals surface area (Å²) in [6, 6.07) is 12.6. The van der Waals surface area contributed by atoms with E-state index < -0.39 is 0 Å². The standard InChI is InChI=1S/C17H17BrN4/c18-14-5-3-12(4-6-14)10-22-9-7-13(11-22)16-20-15-2-1-8-19-17(15)21-16/h1-6,8,13H,7,9-11H2,(H,19,20,21). The number of imidazole rings is 1. The largest absolute Gasteiger partial charge is 0.340 e. The van der Waals surface area contributed by atoms with E-state index in [1.165, 1.54) is 5.56 Å². The van der Waals surface area contributed by atoms with Crippen LogP contribution in [-0.4, -0.2) is 32.9 Å². The van der Waals surface area contributed by atoms with Gasteiger partial charge in [0.15, 0.2) is 5.65 Å². The Morgan fingerprint density at radius 3 is 2.91 bits per heavy atom. The van der Waals surface area contributed by atoms with Crippen LogP contribution in [0.4, 0.5) is 0 Å². The number of nitrogens with zero attached hydrogens (tertiary/aromatic N) is 3. The van der Waals surface area contributed by atoms with Gasteiger partial charge in [-0.15, -0.1) is 0 Å². The summed E-state index contributed by atoms with van der Waals surface area (Å²) in [4.78, 5) is 14.9. The number of pyridine rings is 1. The molecule has 0 spiro atoms. The summed E-state index contributed by atoms with van der Waals surface area (Å²) in [5.41, 5.74) is 3.21. The number of H-pyrrole nitrogens is 1. The van der Waals surface area contributed by atoms with Crippen LogP contribution in [0.2, 0.25) is 0 Å². The molecule has 1 aromatic carbocycles. The summed E-state index contributed by atoms with van der Waals surface area (Å²) in [7, 11) is 0. The summed E-state index contributed by atoms with van der Waals surface area (Å²) in [5.74, 6) is 1.55. The molecule has 4 nitrogen and oxygen atoms in total. The van der Waals surface area contributed by atoms with E-state index >= 15 is 0 Å². The minimum absolute atomic E-state index is 0.477. The van der Waals surface area contributed by atoms with Crippen molar-refractivity contribution in [1.29, 1.82) is 0 Å². The third-order valence-electron chi connectivity index (χ3n) is 4.25. The Kier molecular flexibility index (Phi) is 3.68. The zero-order valence-electron chi connectivity index (χ0n) is 12.2. The predicted molar refractivity (Wildman–Crippen MR) is 90.7 cm³/mol. The van der Waals surface area contributed by atoms with Crippen LogP contribution in [-0.2, 0) is 6.54 Å². The highest BCUT2D eigenvalue weighted by Gasteiger charge is 2.26. The minimum Gasteiger partial charge on any atom is -0.340 e. The molecule has 1 saturated heterocycles. The molecular formula is C17H17BrN4. The zero-order chi connectivity index (χ0) is 14.9. The van der Waals surface area contributed by atoms with Crippen LogP contribution in [0, 0.1) is 0 Å². The van der Waals surface area contributed by atoms with Crippen LogP contribution in [0.25, 0.3) is 11.2 Å². The van der Waals surface area contributed by atoms with Crippen molar-refractivity contribution in [3.05, 3.63) is 58.5 Å². The topological polar surface area (TPSA) is 44.8 Å². The van der Waals surface area contributed by atoms with Crippen molar-refractivity contribution in [2.75, 3.05) is 13.1 Å². The predicted octanol–water partition coefficient (Wildman–Crippen LogP) is 3.71. The van der Waals surface area contributed by atoms with Crippen molar-refractivity contribution in [3.8, 4) is 0 Å². The molecule has 1 unspecified atom stereocenters. The van der Waals surface area contributed by atoms with Crippen LogP contribution in [0.1, 0.15) is 23.7 Å². The normalized spacial score (nSPS) is 19.0. The van der Waals surface area contributed by atoms with Crippen LogP contribution in [0.3, 0.4) is 0 Å². The smallest absolute Gasteiger partial charge is 0.177 e. The fraction of sp³-hybridized carbons (Fsp3) is 0.294. The lowest BCUT2D eigenvalue weighted by molar-refractivity contribution is 0.326. The van der Waals surface area contributed by atoms with Crippen LogP contribution in [0.5, 0.6) is 0 Å². The number of fused-ring (bicyclic) bond motifs is 1. The second kappa shape index (κ2) is 5.82. The molecule has 4 rings (SSSR count). The molecule has 5 heteroatoms. The van der Waals surface area contributed by atoms with E-state index in [1.54, 1.807) is 6.20 Å². The molecule has 0 bridgehead atoms. The van der Waals surface area contributed by atoms with Crippen molar-refractivity contribution in [2.24, 2.45) is 0 Å². The number of halogens is 1. The maximum absolute atomic E-state index is 4.65. The molecule has 1 N–H and O–H groups in total. The number of aromatic amines is 1. The molecule has 112 valence electrons. The molecule has 1 aliphatic heterocycles. The first-order chi connectivity index (χ1) is 10.8. The van der Waals surface area contributed by atoms with Crippen molar-refractivity contribution in [2.45, 2.75) is 18.9 Å². The van der Waals surface area contributed by atoms with Gasteiger partial charge in [-0.25, -0.2) is 9.97 Å². The number of benzene rings is 1. The Hall–Kier alpha value is -1.72. The molecule has 3 heterocycles. The summed E-state index contributed by atoms with van der Waals surface area (Å²) in [5, 5.41) is 0. The van der Waals surface area contributed by atoms with Crippen LogP contribution >= 0.6 is 15.9 Å². The molecular weight excluding hydrogens is 340 g/mol. The SMILES string of the molecule is Brc1ccc(CN2CCC(c3nc4ncccc4[nH]3)C2)cc1. The van der Waals surface area contributed by atoms with Gasteiger partial charge in [0.25, 0.3) is 0 Å². The Labute approximate surface area is 137 Å². The molecule has 0 amide bonds. The van der Waals surface area contributed by atoms with E-state index in [4.69, 9.17) is 0 Å². The molecule has 3 aromatic rings. The molecule has 1 aliphatic rings. The van der Waals surface area contributed by atoms with Crippen LogP contribution in [0.15, 0.2) is 47.1 Å². The van der Waals surface area contributed by atoms with Gasteiger partial charge in [-0.05, 0) is 42.8 Å². The number of rotatable bonds is 3. The second-order valence-electron chi connectivity index (χ2n) is 5.84. The van der Waals surface area contributed by atoms with E-state index in [2.05, 4.69) is 60.0 Å². The van der Waals surface area contributed by atoms with Gasteiger partial charge in [-0.1, -0.05) is 28.1 Å². The lowest BCUT2D eigenvalue weighted by atomic mass is 10.1. The van der Waals surface area contributed by atoms with Crippen molar-refractivity contribution >= 4 is 27.1 Å². The van der Waals surface area contributed by atoms with Gasteiger partial charge in [0.05, 0.1) is 5.52 Å². The molecule has 22 heavy (non-hydrogen) atoms. The molecule has 0 saturated carbocycles. The third kappa shape index (κ3) is 2.78. The van der Waals surface area contributed by atoms with Gasteiger partial charge in [0, 0.05) is 29.7 Å². The molecule has 0 aliphatic carbocycles. The van der Waals surface area contributed by atoms with Gasteiger partial charge in [-0.3, -0.25) is 4.90 Å². The van der Waals surface area contributed by atoms with E-state index in [-0.39, 0.29) is 0 Å². The van der Waals surface area contributed by atoms with Crippen molar-refractivity contribution < 1.29 is 0 Å².